The molecule has 0 fully saturated rings. The lowest BCUT2D eigenvalue weighted by Gasteiger charge is -2.03. The van der Waals surface area contributed by atoms with Crippen LogP contribution in [0.3, 0.4) is 0 Å². The van der Waals surface area contributed by atoms with Crippen molar-refractivity contribution < 1.29 is 14.2 Å². The molecule has 0 aliphatic rings. The summed E-state index contributed by atoms with van der Waals surface area (Å²) in [6, 6.07) is 0. The Morgan fingerprint density at radius 3 is 1.85 bits per heavy atom. The average Bonchev–Trinajstić information content (AvgIpc) is 2.16. The van der Waals surface area contributed by atoms with Crippen LogP contribution in [-0.4, -0.2) is 40.6 Å². The summed E-state index contributed by atoms with van der Waals surface area (Å²) < 4.78 is 15.2. The lowest BCUT2D eigenvalue weighted by molar-refractivity contribution is 0.0985. The Morgan fingerprint density at radius 1 is 0.615 bits per heavy atom. The van der Waals surface area contributed by atoms with Crippen LogP contribution in [0.15, 0.2) is 0 Å². The molecule has 0 atom stereocenters. The highest BCUT2D eigenvalue weighted by Gasteiger charge is 1.90. The van der Waals surface area contributed by atoms with Gasteiger partial charge in [-0.3, -0.25) is 0 Å². The Labute approximate surface area is 81.4 Å². The molecule has 0 aliphatic carbocycles. The van der Waals surface area contributed by atoms with Gasteiger partial charge in [0, 0.05) is 40.6 Å². The first-order valence-electron chi connectivity index (χ1n) is 4.97. The predicted octanol–water partition coefficient (Wildman–Crippen LogP) is 1.86. The predicted molar refractivity (Wildman–Crippen MR) is 53.0 cm³/mol. The number of rotatable bonds is 10. The lowest BCUT2D eigenvalue weighted by Crippen LogP contribution is -2.00. The SMILES string of the molecule is COCCCCCOCCCOC. The second-order valence-corrected chi connectivity index (χ2v) is 3.01. The largest absolute Gasteiger partial charge is 0.385 e. The van der Waals surface area contributed by atoms with Crippen LogP contribution in [0, 0.1) is 0 Å². The van der Waals surface area contributed by atoms with Crippen molar-refractivity contribution in [3.63, 3.8) is 0 Å². The fourth-order valence-electron chi connectivity index (χ4n) is 1.03. The number of hydrogen-bond donors (Lipinski definition) is 0. The van der Waals surface area contributed by atoms with Gasteiger partial charge in [0.15, 0.2) is 0 Å². The summed E-state index contributed by atoms with van der Waals surface area (Å²) in [6.45, 7) is 3.35. The summed E-state index contributed by atoms with van der Waals surface area (Å²) in [7, 11) is 3.45. The van der Waals surface area contributed by atoms with Gasteiger partial charge in [0.05, 0.1) is 0 Å². The van der Waals surface area contributed by atoms with Crippen LogP contribution in [0.25, 0.3) is 0 Å². The Bertz CT molecular complexity index is 76.2. The molecule has 0 amide bonds. The van der Waals surface area contributed by atoms with Gasteiger partial charge in [-0.1, -0.05) is 0 Å². The van der Waals surface area contributed by atoms with E-state index in [0.29, 0.717) is 0 Å². The van der Waals surface area contributed by atoms with Crippen molar-refractivity contribution in [2.24, 2.45) is 0 Å². The van der Waals surface area contributed by atoms with Gasteiger partial charge in [-0.05, 0) is 25.7 Å². The van der Waals surface area contributed by atoms with Crippen LogP contribution in [0.5, 0.6) is 0 Å². The zero-order valence-corrected chi connectivity index (χ0v) is 8.88. The van der Waals surface area contributed by atoms with Gasteiger partial charge in [0.25, 0.3) is 0 Å². The van der Waals surface area contributed by atoms with E-state index in [0.717, 1.165) is 45.7 Å². The van der Waals surface area contributed by atoms with Crippen molar-refractivity contribution in [1.29, 1.82) is 0 Å². The third kappa shape index (κ3) is 11.9. The van der Waals surface area contributed by atoms with E-state index in [1.54, 1.807) is 14.2 Å². The van der Waals surface area contributed by atoms with Crippen molar-refractivity contribution in [3.05, 3.63) is 0 Å². The molecule has 13 heavy (non-hydrogen) atoms. The quantitative estimate of drug-likeness (QED) is 0.492. The molecule has 0 N–H and O–H groups in total. The standard InChI is InChI=1S/C10H22O3/c1-11-7-4-3-5-9-13-10-6-8-12-2/h3-10H2,1-2H3. The average molecular weight is 190 g/mol. The molecule has 3 nitrogen and oxygen atoms in total. The molecular weight excluding hydrogens is 168 g/mol. The molecule has 3 heteroatoms. The molecular formula is C10H22O3. The molecule has 80 valence electrons. The van der Waals surface area contributed by atoms with E-state index >= 15 is 0 Å². The van der Waals surface area contributed by atoms with E-state index in [2.05, 4.69) is 0 Å². The van der Waals surface area contributed by atoms with Crippen LogP contribution >= 0.6 is 0 Å². The highest BCUT2D eigenvalue weighted by atomic mass is 16.5. The highest BCUT2D eigenvalue weighted by Crippen LogP contribution is 1.96. The smallest absolute Gasteiger partial charge is 0.0487 e. The zero-order chi connectivity index (χ0) is 9.78. The van der Waals surface area contributed by atoms with Crippen LogP contribution in [0.1, 0.15) is 25.7 Å². The minimum Gasteiger partial charge on any atom is -0.385 e. The maximum absolute atomic E-state index is 5.40. The lowest BCUT2D eigenvalue weighted by atomic mass is 10.2. The summed E-state index contributed by atoms with van der Waals surface area (Å²) in [4.78, 5) is 0. The van der Waals surface area contributed by atoms with Crippen molar-refractivity contribution in [2.45, 2.75) is 25.7 Å². The van der Waals surface area contributed by atoms with E-state index < -0.39 is 0 Å². The van der Waals surface area contributed by atoms with Crippen molar-refractivity contribution in [1.82, 2.24) is 0 Å². The van der Waals surface area contributed by atoms with Gasteiger partial charge >= 0.3 is 0 Å². The molecule has 0 heterocycles. The maximum Gasteiger partial charge on any atom is 0.0487 e. The van der Waals surface area contributed by atoms with E-state index in [1.807, 2.05) is 0 Å². The highest BCUT2D eigenvalue weighted by molar-refractivity contribution is 4.40. The Morgan fingerprint density at radius 2 is 1.15 bits per heavy atom. The third-order valence-electron chi connectivity index (χ3n) is 1.77. The first-order valence-corrected chi connectivity index (χ1v) is 4.97. The summed E-state index contributed by atoms with van der Waals surface area (Å²) >= 11 is 0. The molecule has 0 radical (unpaired) electrons. The number of hydrogen-bond acceptors (Lipinski definition) is 3. The summed E-state index contributed by atoms with van der Waals surface area (Å²) in [5, 5.41) is 0. The number of unbranched alkanes of at least 4 members (excludes halogenated alkanes) is 2. The molecule has 0 spiro atoms. The van der Waals surface area contributed by atoms with Crippen LogP contribution < -0.4 is 0 Å². The van der Waals surface area contributed by atoms with Gasteiger partial charge in [-0.25, -0.2) is 0 Å². The third-order valence-corrected chi connectivity index (χ3v) is 1.77. The number of methoxy groups -OCH3 is 2. The molecule has 0 aromatic rings. The van der Waals surface area contributed by atoms with E-state index in [1.165, 1.54) is 6.42 Å². The van der Waals surface area contributed by atoms with Gasteiger partial charge < -0.3 is 14.2 Å². The van der Waals surface area contributed by atoms with Crippen molar-refractivity contribution in [3.8, 4) is 0 Å². The van der Waals surface area contributed by atoms with E-state index in [9.17, 15) is 0 Å². The van der Waals surface area contributed by atoms with Gasteiger partial charge in [-0.2, -0.15) is 0 Å². The first-order chi connectivity index (χ1) is 6.41. The van der Waals surface area contributed by atoms with Crippen molar-refractivity contribution in [2.75, 3.05) is 40.6 Å². The minimum absolute atomic E-state index is 0.795. The van der Waals surface area contributed by atoms with Crippen LogP contribution in [-0.2, 0) is 14.2 Å². The summed E-state index contributed by atoms with van der Waals surface area (Å²) in [6.07, 6.45) is 4.46. The van der Waals surface area contributed by atoms with E-state index in [4.69, 9.17) is 14.2 Å². The zero-order valence-electron chi connectivity index (χ0n) is 8.88. The summed E-state index contributed by atoms with van der Waals surface area (Å²) in [5.74, 6) is 0. The molecule has 0 aromatic heterocycles. The number of ether oxygens (including phenoxy) is 3. The Kier molecular flexibility index (Phi) is 11.8. The fourth-order valence-corrected chi connectivity index (χ4v) is 1.03. The Balaban J connectivity index is 2.76. The maximum atomic E-state index is 5.40. The molecule has 0 rings (SSSR count). The van der Waals surface area contributed by atoms with Crippen LogP contribution in [0.4, 0.5) is 0 Å². The molecule has 0 saturated carbocycles. The van der Waals surface area contributed by atoms with Gasteiger partial charge in [0.1, 0.15) is 0 Å². The monoisotopic (exact) mass is 190 g/mol. The molecule has 0 saturated heterocycles. The second-order valence-electron chi connectivity index (χ2n) is 3.01. The van der Waals surface area contributed by atoms with Gasteiger partial charge in [0.2, 0.25) is 0 Å². The van der Waals surface area contributed by atoms with E-state index in [-0.39, 0.29) is 0 Å². The second kappa shape index (κ2) is 11.9. The summed E-state index contributed by atoms with van der Waals surface area (Å²) in [5.41, 5.74) is 0. The first kappa shape index (κ1) is 12.9. The molecule has 0 bridgehead atoms. The van der Waals surface area contributed by atoms with Crippen molar-refractivity contribution >= 4 is 0 Å². The van der Waals surface area contributed by atoms with Gasteiger partial charge in [-0.15, -0.1) is 0 Å². The topological polar surface area (TPSA) is 27.7 Å². The van der Waals surface area contributed by atoms with Crippen LogP contribution in [0.2, 0.25) is 0 Å². The Hall–Kier alpha value is -0.120. The fraction of sp³-hybridized carbons (Fsp3) is 1.00. The normalized spacial score (nSPS) is 10.6. The minimum atomic E-state index is 0.795. The molecule has 0 aromatic carbocycles. The molecule has 0 aliphatic heterocycles. The molecule has 0 unspecified atom stereocenters.